The molecule has 22 heavy (non-hydrogen) atoms. The summed E-state index contributed by atoms with van der Waals surface area (Å²) in [5.74, 6) is -3.41. The topological polar surface area (TPSA) is 69.4 Å². The van der Waals surface area contributed by atoms with Gasteiger partial charge in [0.15, 0.2) is 11.9 Å². The van der Waals surface area contributed by atoms with Gasteiger partial charge in [-0.05, 0) is 36.7 Å². The molecule has 6 heteroatoms. The molecule has 0 aromatic heterocycles. The van der Waals surface area contributed by atoms with E-state index in [2.05, 4.69) is 0 Å². The highest BCUT2D eigenvalue weighted by Gasteiger charge is 2.41. The van der Waals surface area contributed by atoms with Gasteiger partial charge in [-0.15, -0.1) is 0 Å². The second-order valence-electron chi connectivity index (χ2n) is 7.18. The van der Waals surface area contributed by atoms with Gasteiger partial charge in [0.2, 0.25) is 5.92 Å². The van der Waals surface area contributed by atoms with Crippen LogP contribution in [0, 0.1) is 11.3 Å². The zero-order valence-electron chi connectivity index (χ0n) is 13.6. The monoisotopic (exact) mass is 317 g/mol. The van der Waals surface area contributed by atoms with Crippen LogP contribution in [0.2, 0.25) is 0 Å². The van der Waals surface area contributed by atoms with Crippen molar-refractivity contribution in [2.45, 2.75) is 65.4 Å². The molecule has 0 heterocycles. The fourth-order valence-corrected chi connectivity index (χ4v) is 2.87. The Balaban J connectivity index is 2.82. The van der Waals surface area contributed by atoms with Gasteiger partial charge in [0.1, 0.15) is 0 Å². The van der Waals surface area contributed by atoms with Crippen LogP contribution in [0.3, 0.4) is 0 Å². The van der Waals surface area contributed by atoms with Crippen LogP contribution in [0.1, 0.15) is 53.4 Å². The number of hydrogen-bond donors (Lipinski definition) is 1. The molecule has 2 atom stereocenters. The van der Waals surface area contributed by atoms with Gasteiger partial charge in [-0.3, -0.25) is 4.79 Å². The molecule has 1 fully saturated rings. The number of Topliss-reactive ketones (excluding diaryl/α,β-unsaturated/α-hetero) is 1. The van der Waals surface area contributed by atoms with Gasteiger partial charge in [-0.25, -0.2) is 13.6 Å². The summed E-state index contributed by atoms with van der Waals surface area (Å²) in [5.41, 5.74) is 5.24. The lowest BCUT2D eigenvalue weighted by atomic mass is 9.89. The van der Waals surface area contributed by atoms with E-state index in [0.717, 1.165) is 0 Å². The Kier molecular flexibility index (Phi) is 5.70. The smallest absolute Gasteiger partial charge is 0.405 e. The fourth-order valence-electron chi connectivity index (χ4n) is 2.87. The molecule has 1 unspecified atom stereocenters. The lowest BCUT2D eigenvalue weighted by Crippen LogP contribution is -2.32. The second-order valence-corrected chi connectivity index (χ2v) is 7.18. The number of hydrogen-bond acceptors (Lipinski definition) is 3. The summed E-state index contributed by atoms with van der Waals surface area (Å²) in [5, 5.41) is 0. The molecule has 1 amide bonds. The zero-order valence-corrected chi connectivity index (χ0v) is 13.6. The van der Waals surface area contributed by atoms with Crippen LogP contribution < -0.4 is 5.73 Å². The van der Waals surface area contributed by atoms with E-state index < -0.39 is 18.1 Å². The third-order valence-electron chi connectivity index (χ3n) is 3.64. The van der Waals surface area contributed by atoms with Gasteiger partial charge in [-0.1, -0.05) is 26.8 Å². The molecule has 2 N–H and O–H groups in total. The first-order chi connectivity index (χ1) is 9.89. The lowest BCUT2D eigenvalue weighted by Gasteiger charge is -2.21. The molecule has 0 spiro atoms. The first-order valence-corrected chi connectivity index (χ1v) is 7.47. The maximum atomic E-state index is 13.3. The zero-order chi connectivity index (χ0) is 17.1. The minimum Gasteiger partial charge on any atom is -0.438 e. The molecule has 1 saturated carbocycles. The Labute approximate surface area is 130 Å². The molecule has 0 aromatic rings. The van der Waals surface area contributed by atoms with E-state index in [-0.39, 0.29) is 36.4 Å². The normalized spacial score (nSPS) is 23.2. The molecule has 1 aliphatic rings. The molecule has 0 bridgehead atoms. The van der Waals surface area contributed by atoms with E-state index in [1.54, 1.807) is 13.0 Å². The molecule has 1 aliphatic carbocycles. The molecule has 4 nitrogen and oxygen atoms in total. The number of carbonyl (C=O) groups is 2. The van der Waals surface area contributed by atoms with Crippen LogP contribution in [0.4, 0.5) is 13.6 Å². The Bertz CT molecular complexity index is 467. The van der Waals surface area contributed by atoms with Crippen molar-refractivity contribution in [1.82, 2.24) is 0 Å². The number of halogens is 2. The molecule has 0 radical (unpaired) electrons. The van der Waals surface area contributed by atoms with Gasteiger partial charge >= 0.3 is 6.09 Å². The van der Waals surface area contributed by atoms with Crippen LogP contribution in [-0.4, -0.2) is 23.9 Å². The molecule has 0 saturated heterocycles. The number of alkyl halides is 2. The highest BCUT2D eigenvalue weighted by Crippen LogP contribution is 2.41. The standard InChI is InChI=1S/C16H25F2NO3/c1-10(8-15(2,3)4)13(20)12(22-14(19)21)7-11-5-6-16(17,18)9-11/h8,11-12H,5-7,9H2,1-4H3,(H2,19,21)/t11?,12-/m1/s1. The SMILES string of the molecule is CC(=CC(C)(C)C)C(=O)[C@@H](CC1CCC(F)(F)C1)OC(N)=O. The van der Waals surface area contributed by atoms with Crippen molar-refractivity contribution >= 4 is 11.9 Å². The van der Waals surface area contributed by atoms with Gasteiger partial charge in [0, 0.05) is 12.8 Å². The maximum Gasteiger partial charge on any atom is 0.405 e. The van der Waals surface area contributed by atoms with Crippen LogP contribution in [0.15, 0.2) is 11.6 Å². The predicted octanol–water partition coefficient (Wildman–Crippen LogP) is 3.84. The highest BCUT2D eigenvalue weighted by atomic mass is 19.3. The number of rotatable bonds is 5. The Morgan fingerprint density at radius 2 is 2.00 bits per heavy atom. The summed E-state index contributed by atoms with van der Waals surface area (Å²) in [6, 6.07) is 0. The first kappa shape index (κ1) is 18.6. The molecule has 126 valence electrons. The fraction of sp³-hybridized carbons (Fsp3) is 0.750. The Morgan fingerprint density at radius 1 is 1.41 bits per heavy atom. The number of nitrogens with two attached hydrogens (primary N) is 1. The minimum atomic E-state index is -2.69. The number of amides is 1. The van der Waals surface area contributed by atoms with E-state index in [1.165, 1.54) is 0 Å². The molecular formula is C16H25F2NO3. The molecule has 0 aliphatic heterocycles. The Hall–Kier alpha value is -1.46. The maximum absolute atomic E-state index is 13.3. The summed E-state index contributed by atoms with van der Waals surface area (Å²) in [6.45, 7) is 7.44. The molecular weight excluding hydrogens is 292 g/mol. The average molecular weight is 317 g/mol. The predicted molar refractivity (Wildman–Crippen MR) is 79.6 cm³/mol. The van der Waals surface area contributed by atoms with E-state index in [1.807, 2.05) is 20.8 Å². The van der Waals surface area contributed by atoms with Crippen molar-refractivity contribution in [3.8, 4) is 0 Å². The van der Waals surface area contributed by atoms with Crippen molar-refractivity contribution in [3.63, 3.8) is 0 Å². The number of primary amides is 1. The van der Waals surface area contributed by atoms with Gasteiger partial charge in [0.05, 0.1) is 0 Å². The summed E-state index contributed by atoms with van der Waals surface area (Å²) < 4.78 is 31.4. The Morgan fingerprint density at radius 3 is 2.41 bits per heavy atom. The van der Waals surface area contributed by atoms with Crippen LogP contribution in [0.25, 0.3) is 0 Å². The summed E-state index contributed by atoms with van der Waals surface area (Å²) in [6.07, 6.45) is -0.433. The summed E-state index contributed by atoms with van der Waals surface area (Å²) in [4.78, 5) is 23.4. The van der Waals surface area contributed by atoms with Gasteiger partial charge in [-0.2, -0.15) is 0 Å². The van der Waals surface area contributed by atoms with E-state index in [4.69, 9.17) is 10.5 Å². The van der Waals surface area contributed by atoms with Crippen LogP contribution in [0.5, 0.6) is 0 Å². The lowest BCUT2D eigenvalue weighted by molar-refractivity contribution is -0.124. The van der Waals surface area contributed by atoms with Crippen molar-refractivity contribution in [2.24, 2.45) is 17.1 Å². The van der Waals surface area contributed by atoms with Crippen molar-refractivity contribution in [3.05, 3.63) is 11.6 Å². The van der Waals surface area contributed by atoms with E-state index >= 15 is 0 Å². The van der Waals surface area contributed by atoms with E-state index in [0.29, 0.717) is 12.0 Å². The van der Waals surface area contributed by atoms with Gasteiger partial charge < -0.3 is 10.5 Å². The van der Waals surface area contributed by atoms with Crippen LogP contribution >= 0.6 is 0 Å². The van der Waals surface area contributed by atoms with Gasteiger partial charge in [0.25, 0.3) is 0 Å². The summed E-state index contributed by atoms with van der Waals surface area (Å²) >= 11 is 0. The van der Waals surface area contributed by atoms with Crippen molar-refractivity contribution < 1.29 is 23.1 Å². The quantitative estimate of drug-likeness (QED) is 0.783. The third-order valence-corrected chi connectivity index (χ3v) is 3.64. The number of ether oxygens (including phenoxy) is 1. The number of ketones is 1. The van der Waals surface area contributed by atoms with Crippen molar-refractivity contribution in [2.75, 3.05) is 0 Å². The van der Waals surface area contributed by atoms with Crippen LogP contribution in [-0.2, 0) is 9.53 Å². The van der Waals surface area contributed by atoms with E-state index in [9.17, 15) is 18.4 Å². The molecule has 1 rings (SSSR count). The first-order valence-electron chi connectivity index (χ1n) is 7.47. The summed E-state index contributed by atoms with van der Waals surface area (Å²) in [7, 11) is 0. The largest absolute Gasteiger partial charge is 0.438 e. The molecule has 0 aromatic carbocycles. The highest BCUT2D eigenvalue weighted by molar-refractivity contribution is 5.99. The number of carbonyl (C=O) groups excluding carboxylic acids is 2. The third kappa shape index (κ3) is 6.12. The number of allylic oxidation sites excluding steroid dienone is 1. The van der Waals surface area contributed by atoms with Crippen molar-refractivity contribution in [1.29, 1.82) is 0 Å². The second kappa shape index (κ2) is 6.75. The average Bonchev–Trinajstić information content (AvgIpc) is 2.64. The minimum absolute atomic E-state index is 0.0900.